The van der Waals surface area contributed by atoms with E-state index in [4.69, 9.17) is 11.5 Å². The van der Waals surface area contributed by atoms with E-state index in [1.54, 1.807) is 11.1 Å². The smallest absolute Gasteiger partial charge is 0.237 e. The minimum Gasteiger partial charge on any atom is -0.398 e. The van der Waals surface area contributed by atoms with Gasteiger partial charge in [0.15, 0.2) is 0 Å². The second-order valence-electron chi connectivity index (χ2n) is 4.92. The average Bonchev–Trinajstić information content (AvgIpc) is 2.43. The Morgan fingerprint density at radius 1 is 1.24 bits per heavy atom. The van der Waals surface area contributed by atoms with Crippen molar-refractivity contribution < 1.29 is 4.79 Å². The van der Waals surface area contributed by atoms with Crippen LogP contribution in [0, 0.1) is 13.8 Å². The van der Waals surface area contributed by atoms with E-state index < -0.39 is 5.91 Å². The van der Waals surface area contributed by atoms with Gasteiger partial charge in [-0.25, -0.2) is 4.98 Å². The van der Waals surface area contributed by atoms with Crippen LogP contribution in [0.3, 0.4) is 0 Å². The number of amides is 1. The number of benzene rings is 1. The van der Waals surface area contributed by atoms with Crippen molar-refractivity contribution >= 4 is 17.4 Å². The predicted molar refractivity (Wildman–Crippen MR) is 82.6 cm³/mol. The maximum absolute atomic E-state index is 11.3. The molecule has 1 aromatic heterocycles. The number of para-hydroxylation sites is 1. The summed E-state index contributed by atoms with van der Waals surface area (Å²) in [6.07, 6.45) is 1.64. The zero-order chi connectivity index (χ0) is 15.4. The van der Waals surface area contributed by atoms with E-state index in [2.05, 4.69) is 9.97 Å². The first kappa shape index (κ1) is 14.8. The number of carbonyl (C=O) groups is 1. The molecule has 0 atom stereocenters. The lowest BCUT2D eigenvalue weighted by molar-refractivity contribution is -0.116. The second kappa shape index (κ2) is 6.21. The molecule has 0 aliphatic heterocycles. The molecule has 1 heterocycles. The third-order valence-electron chi connectivity index (χ3n) is 3.27. The molecule has 0 spiro atoms. The van der Waals surface area contributed by atoms with Crippen molar-refractivity contribution in [2.45, 2.75) is 20.4 Å². The third-order valence-corrected chi connectivity index (χ3v) is 3.27. The molecule has 6 nitrogen and oxygen atoms in total. The van der Waals surface area contributed by atoms with Crippen LogP contribution in [0.1, 0.15) is 17.0 Å². The van der Waals surface area contributed by atoms with Crippen LogP contribution in [0.2, 0.25) is 0 Å². The molecule has 0 aliphatic rings. The van der Waals surface area contributed by atoms with Crippen LogP contribution < -0.4 is 16.4 Å². The van der Waals surface area contributed by atoms with Crippen molar-refractivity contribution in [1.82, 2.24) is 9.97 Å². The second-order valence-corrected chi connectivity index (χ2v) is 4.92. The first-order chi connectivity index (χ1) is 9.97. The van der Waals surface area contributed by atoms with Crippen LogP contribution in [0.4, 0.5) is 11.5 Å². The van der Waals surface area contributed by atoms with Gasteiger partial charge in [-0.3, -0.25) is 9.78 Å². The number of aryl methyl sites for hydroxylation is 2. The molecule has 21 heavy (non-hydrogen) atoms. The first-order valence-corrected chi connectivity index (χ1v) is 6.64. The minimum atomic E-state index is -0.426. The van der Waals surface area contributed by atoms with Crippen LogP contribution in [0.15, 0.2) is 30.5 Å². The molecular weight excluding hydrogens is 266 g/mol. The lowest BCUT2D eigenvalue weighted by Crippen LogP contribution is -2.34. The van der Waals surface area contributed by atoms with Gasteiger partial charge in [0, 0.05) is 12.2 Å². The van der Waals surface area contributed by atoms with Gasteiger partial charge >= 0.3 is 0 Å². The van der Waals surface area contributed by atoms with Crippen LogP contribution in [0.25, 0.3) is 0 Å². The minimum absolute atomic E-state index is 0.0610. The Morgan fingerprint density at radius 2 is 1.95 bits per heavy atom. The van der Waals surface area contributed by atoms with Gasteiger partial charge in [0.25, 0.3) is 0 Å². The van der Waals surface area contributed by atoms with Gasteiger partial charge in [0.05, 0.1) is 24.1 Å². The van der Waals surface area contributed by atoms with Gasteiger partial charge in [-0.05, 0) is 25.5 Å². The molecule has 1 aromatic carbocycles. The van der Waals surface area contributed by atoms with Gasteiger partial charge in [-0.1, -0.05) is 18.2 Å². The maximum atomic E-state index is 11.3. The average molecular weight is 285 g/mol. The van der Waals surface area contributed by atoms with Crippen LogP contribution in [-0.4, -0.2) is 22.4 Å². The summed E-state index contributed by atoms with van der Waals surface area (Å²) in [6.45, 7) is 4.28. The highest BCUT2D eigenvalue weighted by Crippen LogP contribution is 2.18. The molecule has 0 unspecified atom stereocenters. The van der Waals surface area contributed by atoms with E-state index in [0.29, 0.717) is 18.1 Å². The Kier molecular flexibility index (Phi) is 4.37. The summed E-state index contributed by atoms with van der Waals surface area (Å²) in [5, 5.41) is 0. The fourth-order valence-corrected chi connectivity index (χ4v) is 1.97. The molecule has 0 fully saturated rings. The van der Waals surface area contributed by atoms with Gasteiger partial charge in [-0.15, -0.1) is 0 Å². The Balaban J connectivity index is 2.32. The van der Waals surface area contributed by atoms with Crippen molar-refractivity contribution in [2.75, 3.05) is 17.2 Å². The van der Waals surface area contributed by atoms with Crippen molar-refractivity contribution in [3.05, 3.63) is 47.4 Å². The number of nitrogen functional groups attached to an aromatic ring is 1. The fraction of sp³-hybridized carbons (Fsp3) is 0.267. The number of anilines is 2. The highest BCUT2D eigenvalue weighted by molar-refractivity contribution is 5.79. The van der Waals surface area contributed by atoms with E-state index in [-0.39, 0.29) is 6.54 Å². The Bertz CT molecular complexity index is 656. The lowest BCUT2D eigenvalue weighted by Gasteiger charge is -2.23. The van der Waals surface area contributed by atoms with Gasteiger partial charge in [0.2, 0.25) is 5.91 Å². The van der Waals surface area contributed by atoms with Crippen LogP contribution in [0.5, 0.6) is 0 Å². The number of aromatic nitrogens is 2. The first-order valence-electron chi connectivity index (χ1n) is 6.64. The molecule has 2 aromatic rings. The SMILES string of the molecule is Cc1ncc(N(CC(N)=O)Cc2ccccc2N)nc1C. The van der Waals surface area contributed by atoms with Gasteiger partial charge in [0.1, 0.15) is 5.82 Å². The van der Waals surface area contributed by atoms with E-state index >= 15 is 0 Å². The number of hydrogen-bond donors (Lipinski definition) is 2. The number of hydrogen-bond acceptors (Lipinski definition) is 5. The topological polar surface area (TPSA) is 98.1 Å². The summed E-state index contributed by atoms with van der Waals surface area (Å²) in [7, 11) is 0. The maximum Gasteiger partial charge on any atom is 0.237 e. The summed E-state index contributed by atoms with van der Waals surface area (Å²) in [5.41, 5.74) is 14.5. The normalized spacial score (nSPS) is 10.4. The Labute approximate surface area is 123 Å². The van der Waals surface area contributed by atoms with E-state index in [9.17, 15) is 4.79 Å². The number of nitrogens with two attached hydrogens (primary N) is 2. The number of primary amides is 1. The Morgan fingerprint density at radius 3 is 2.57 bits per heavy atom. The quantitative estimate of drug-likeness (QED) is 0.803. The molecule has 4 N–H and O–H groups in total. The van der Waals surface area contributed by atoms with Crippen LogP contribution >= 0.6 is 0 Å². The van der Waals surface area contributed by atoms with Crippen molar-refractivity contribution in [2.24, 2.45) is 5.73 Å². The molecule has 0 saturated heterocycles. The standard InChI is InChI=1S/C15H19N5O/c1-10-11(2)19-15(7-18-10)20(9-14(17)21)8-12-5-3-4-6-13(12)16/h3-7H,8-9,16H2,1-2H3,(H2,17,21). The molecule has 0 radical (unpaired) electrons. The highest BCUT2D eigenvalue weighted by atomic mass is 16.1. The van der Waals surface area contributed by atoms with E-state index in [0.717, 1.165) is 17.0 Å². The molecule has 0 bridgehead atoms. The van der Waals surface area contributed by atoms with Crippen LogP contribution in [-0.2, 0) is 11.3 Å². The molecular formula is C15H19N5O. The molecule has 0 aliphatic carbocycles. The predicted octanol–water partition coefficient (Wildman–Crippen LogP) is 1.17. The molecule has 6 heteroatoms. The molecule has 2 rings (SSSR count). The molecule has 1 amide bonds. The highest BCUT2D eigenvalue weighted by Gasteiger charge is 2.14. The summed E-state index contributed by atoms with van der Waals surface area (Å²) in [6, 6.07) is 7.51. The lowest BCUT2D eigenvalue weighted by atomic mass is 10.1. The zero-order valence-corrected chi connectivity index (χ0v) is 12.2. The summed E-state index contributed by atoms with van der Waals surface area (Å²) in [5.74, 6) is 0.185. The monoisotopic (exact) mass is 285 g/mol. The largest absolute Gasteiger partial charge is 0.398 e. The molecule has 110 valence electrons. The Hall–Kier alpha value is -2.63. The fourth-order valence-electron chi connectivity index (χ4n) is 1.97. The van der Waals surface area contributed by atoms with E-state index in [1.807, 2.05) is 38.1 Å². The van der Waals surface area contributed by atoms with Crippen molar-refractivity contribution in [3.63, 3.8) is 0 Å². The van der Waals surface area contributed by atoms with Gasteiger partial charge < -0.3 is 16.4 Å². The van der Waals surface area contributed by atoms with E-state index in [1.165, 1.54) is 0 Å². The van der Waals surface area contributed by atoms with Crippen molar-refractivity contribution in [1.29, 1.82) is 0 Å². The number of rotatable bonds is 5. The zero-order valence-electron chi connectivity index (χ0n) is 12.2. The number of carbonyl (C=O) groups excluding carboxylic acids is 1. The van der Waals surface area contributed by atoms with Crippen molar-refractivity contribution in [3.8, 4) is 0 Å². The summed E-state index contributed by atoms with van der Waals surface area (Å²) >= 11 is 0. The van der Waals surface area contributed by atoms with Gasteiger partial charge in [-0.2, -0.15) is 0 Å². The summed E-state index contributed by atoms with van der Waals surface area (Å²) < 4.78 is 0. The summed E-state index contributed by atoms with van der Waals surface area (Å²) in [4.78, 5) is 21.8. The third kappa shape index (κ3) is 3.68. The number of nitrogens with zero attached hydrogens (tertiary/aromatic N) is 3. The molecule has 0 saturated carbocycles.